The van der Waals surface area contributed by atoms with Crippen molar-refractivity contribution >= 4 is 23.4 Å². The van der Waals surface area contributed by atoms with Gasteiger partial charge in [0.25, 0.3) is 0 Å². The first-order valence-corrected chi connectivity index (χ1v) is 7.57. The maximum atomic E-state index is 9.31. The molecule has 0 aliphatic carbocycles. The zero-order valence-electron chi connectivity index (χ0n) is 11.0. The van der Waals surface area contributed by atoms with Gasteiger partial charge in [-0.2, -0.15) is 5.26 Å². The Morgan fingerprint density at radius 3 is 2.38 bits per heavy atom. The van der Waals surface area contributed by atoms with Gasteiger partial charge in [0.15, 0.2) is 0 Å². The number of hydrogen-bond donors (Lipinski definition) is 1. The van der Waals surface area contributed by atoms with Gasteiger partial charge in [-0.25, -0.2) is 0 Å². The summed E-state index contributed by atoms with van der Waals surface area (Å²) in [5.74, 6) is 0. The van der Waals surface area contributed by atoms with Gasteiger partial charge < -0.3 is 4.98 Å². The van der Waals surface area contributed by atoms with Gasteiger partial charge >= 0.3 is 0 Å². The van der Waals surface area contributed by atoms with E-state index >= 15 is 0 Å². The predicted octanol–water partition coefficient (Wildman–Crippen LogP) is 5.36. The van der Waals surface area contributed by atoms with Crippen LogP contribution in [0.4, 0.5) is 0 Å². The fourth-order valence-corrected chi connectivity index (χ4v) is 3.04. The van der Waals surface area contributed by atoms with Gasteiger partial charge in [-0.05, 0) is 35.9 Å². The standard InChI is InChI=1S/C17H11ClN2S/c18-14-8-6-12(7-9-14)17-13(11-19)10-16(20-17)21-15-4-2-1-3-5-15/h1-10,20H. The molecule has 0 radical (unpaired) electrons. The van der Waals surface area contributed by atoms with Crippen molar-refractivity contribution in [3.63, 3.8) is 0 Å². The average Bonchev–Trinajstić information content (AvgIpc) is 2.92. The van der Waals surface area contributed by atoms with E-state index < -0.39 is 0 Å². The molecule has 0 aliphatic rings. The van der Waals surface area contributed by atoms with Crippen LogP contribution in [-0.2, 0) is 0 Å². The Balaban J connectivity index is 1.95. The zero-order valence-corrected chi connectivity index (χ0v) is 12.6. The summed E-state index contributed by atoms with van der Waals surface area (Å²) in [4.78, 5) is 4.44. The van der Waals surface area contributed by atoms with Crippen molar-refractivity contribution in [1.29, 1.82) is 5.26 Å². The minimum absolute atomic E-state index is 0.635. The molecule has 0 bridgehead atoms. The quantitative estimate of drug-likeness (QED) is 0.707. The van der Waals surface area contributed by atoms with Crippen LogP contribution in [0.3, 0.4) is 0 Å². The van der Waals surface area contributed by atoms with E-state index in [1.165, 1.54) is 0 Å². The van der Waals surface area contributed by atoms with Crippen molar-refractivity contribution in [2.24, 2.45) is 0 Å². The zero-order chi connectivity index (χ0) is 14.7. The number of aromatic nitrogens is 1. The summed E-state index contributed by atoms with van der Waals surface area (Å²) < 4.78 is 0. The first kappa shape index (κ1) is 13.8. The summed E-state index contributed by atoms with van der Waals surface area (Å²) in [6.45, 7) is 0. The second-order valence-electron chi connectivity index (χ2n) is 4.46. The Kier molecular flexibility index (Phi) is 4.01. The summed E-state index contributed by atoms with van der Waals surface area (Å²) in [5.41, 5.74) is 2.42. The number of halogens is 1. The van der Waals surface area contributed by atoms with Crippen LogP contribution in [0.25, 0.3) is 11.3 Å². The van der Waals surface area contributed by atoms with E-state index in [1.807, 2.05) is 60.7 Å². The molecular weight excluding hydrogens is 300 g/mol. The van der Waals surface area contributed by atoms with Crippen LogP contribution in [0.15, 0.2) is 70.6 Å². The average molecular weight is 311 g/mol. The molecule has 0 aliphatic heterocycles. The normalized spacial score (nSPS) is 10.3. The summed E-state index contributed by atoms with van der Waals surface area (Å²) >= 11 is 7.51. The number of hydrogen-bond acceptors (Lipinski definition) is 2. The van der Waals surface area contributed by atoms with Crippen LogP contribution in [-0.4, -0.2) is 4.98 Å². The molecule has 0 amide bonds. The van der Waals surface area contributed by atoms with Gasteiger partial charge in [0.2, 0.25) is 0 Å². The molecule has 2 aromatic carbocycles. The largest absolute Gasteiger partial charge is 0.348 e. The molecular formula is C17H11ClN2S. The number of nitrogens with zero attached hydrogens (tertiary/aromatic N) is 1. The number of nitrogens with one attached hydrogen (secondary N) is 1. The highest BCUT2D eigenvalue weighted by atomic mass is 35.5. The van der Waals surface area contributed by atoms with Gasteiger partial charge in [-0.1, -0.05) is 53.7 Å². The molecule has 0 saturated heterocycles. The third-order valence-corrected chi connectivity index (χ3v) is 4.22. The highest BCUT2D eigenvalue weighted by Gasteiger charge is 2.10. The summed E-state index contributed by atoms with van der Waals surface area (Å²) in [5, 5.41) is 10.9. The lowest BCUT2D eigenvalue weighted by Gasteiger charge is -2.00. The summed E-state index contributed by atoms with van der Waals surface area (Å²) in [6, 6.07) is 21.6. The minimum Gasteiger partial charge on any atom is -0.348 e. The Morgan fingerprint density at radius 2 is 1.71 bits per heavy atom. The van der Waals surface area contributed by atoms with Crippen LogP contribution in [0.2, 0.25) is 5.02 Å². The van der Waals surface area contributed by atoms with Gasteiger partial charge in [0, 0.05) is 9.92 Å². The van der Waals surface area contributed by atoms with E-state index in [-0.39, 0.29) is 0 Å². The molecule has 102 valence electrons. The van der Waals surface area contributed by atoms with Crippen molar-refractivity contribution in [3.05, 3.63) is 71.2 Å². The molecule has 21 heavy (non-hydrogen) atoms. The Morgan fingerprint density at radius 1 is 1.00 bits per heavy atom. The van der Waals surface area contributed by atoms with E-state index in [0.29, 0.717) is 10.6 Å². The van der Waals surface area contributed by atoms with E-state index in [9.17, 15) is 5.26 Å². The molecule has 0 unspecified atom stereocenters. The lowest BCUT2D eigenvalue weighted by atomic mass is 10.1. The number of aromatic amines is 1. The molecule has 0 fully saturated rings. The lowest BCUT2D eigenvalue weighted by molar-refractivity contribution is 1.20. The number of rotatable bonds is 3. The van der Waals surface area contributed by atoms with Crippen molar-refractivity contribution in [2.45, 2.75) is 9.92 Å². The Bertz CT molecular complexity index is 786. The van der Waals surface area contributed by atoms with E-state index in [1.54, 1.807) is 11.8 Å². The Hall–Kier alpha value is -2.15. The van der Waals surface area contributed by atoms with Crippen LogP contribution < -0.4 is 0 Å². The van der Waals surface area contributed by atoms with Crippen LogP contribution in [0.5, 0.6) is 0 Å². The summed E-state index contributed by atoms with van der Waals surface area (Å²) in [7, 11) is 0. The Labute approximate surface area is 132 Å². The fourth-order valence-electron chi connectivity index (χ4n) is 2.03. The number of H-pyrrole nitrogens is 1. The lowest BCUT2D eigenvalue weighted by Crippen LogP contribution is -1.81. The second kappa shape index (κ2) is 6.09. The van der Waals surface area contributed by atoms with Gasteiger partial charge in [0.05, 0.1) is 16.3 Å². The number of nitriles is 1. The highest BCUT2D eigenvalue weighted by molar-refractivity contribution is 7.99. The SMILES string of the molecule is N#Cc1cc(Sc2ccccc2)[nH]c1-c1ccc(Cl)cc1. The van der Waals surface area contributed by atoms with Gasteiger partial charge in [0.1, 0.15) is 6.07 Å². The van der Waals surface area contributed by atoms with Crippen molar-refractivity contribution in [2.75, 3.05) is 0 Å². The molecule has 1 aromatic heterocycles. The van der Waals surface area contributed by atoms with Gasteiger partial charge in [-0.3, -0.25) is 0 Å². The summed E-state index contributed by atoms with van der Waals surface area (Å²) in [6.07, 6.45) is 0. The third kappa shape index (κ3) is 3.13. The minimum atomic E-state index is 0.635. The molecule has 1 N–H and O–H groups in total. The number of benzene rings is 2. The van der Waals surface area contributed by atoms with Crippen LogP contribution in [0.1, 0.15) is 5.56 Å². The molecule has 3 aromatic rings. The van der Waals surface area contributed by atoms with Crippen molar-refractivity contribution in [1.82, 2.24) is 4.98 Å². The third-order valence-electron chi connectivity index (χ3n) is 3.02. The molecule has 0 atom stereocenters. The highest BCUT2D eigenvalue weighted by Crippen LogP contribution is 2.32. The van der Waals surface area contributed by atoms with Crippen molar-refractivity contribution in [3.8, 4) is 17.3 Å². The first-order chi connectivity index (χ1) is 10.3. The van der Waals surface area contributed by atoms with E-state index in [2.05, 4.69) is 11.1 Å². The van der Waals surface area contributed by atoms with Crippen LogP contribution in [0, 0.1) is 11.3 Å². The molecule has 2 nitrogen and oxygen atoms in total. The molecule has 0 saturated carbocycles. The van der Waals surface area contributed by atoms with E-state index in [4.69, 9.17) is 11.6 Å². The monoisotopic (exact) mass is 310 g/mol. The second-order valence-corrected chi connectivity index (χ2v) is 6.01. The van der Waals surface area contributed by atoms with Crippen LogP contribution >= 0.6 is 23.4 Å². The van der Waals surface area contributed by atoms with Gasteiger partial charge in [-0.15, -0.1) is 0 Å². The first-order valence-electron chi connectivity index (χ1n) is 6.38. The van der Waals surface area contributed by atoms with Crippen molar-refractivity contribution < 1.29 is 0 Å². The topological polar surface area (TPSA) is 39.6 Å². The maximum absolute atomic E-state index is 9.31. The molecule has 4 heteroatoms. The molecule has 3 rings (SSSR count). The predicted molar refractivity (Wildman–Crippen MR) is 86.5 cm³/mol. The maximum Gasteiger partial charge on any atom is 0.101 e. The van der Waals surface area contributed by atoms with E-state index in [0.717, 1.165) is 21.2 Å². The smallest absolute Gasteiger partial charge is 0.101 e. The molecule has 0 spiro atoms. The fraction of sp³-hybridized carbons (Fsp3) is 0. The molecule has 1 heterocycles.